The number of imidazole rings is 1. The Bertz CT molecular complexity index is 237. The molecule has 3 nitrogen and oxygen atoms in total. The van der Waals surface area contributed by atoms with Crippen molar-refractivity contribution in [1.29, 1.82) is 0 Å². The van der Waals surface area contributed by atoms with Crippen LogP contribution in [0.2, 0.25) is 0 Å². The van der Waals surface area contributed by atoms with Gasteiger partial charge in [-0.2, -0.15) is 0 Å². The Morgan fingerprint density at radius 2 is 2.18 bits per heavy atom. The molecule has 0 N–H and O–H groups in total. The first kappa shape index (κ1) is 8.27. The summed E-state index contributed by atoms with van der Waals surface area (Å²) >= 11 is 0. The van der Waals surface area contributed by atoms with Crippen molar-refractivity contribution in [2.75, 3.05) is 14.1 Å². The first-order chi connectivity index (χ1) is 5.11. The van der Waals surface area contributed by atoms with Gasteiger partial charge in [0.25, 0.3) is 0 Å². The monoisotopic (exact) mass is 153 g/mol. The molecule has 1 rings (SSSR count). The Morgan fingerprint density at radius 1 is 1.55 bits per heavy atom. The third-order valence-electron chi connectivity index (χ3n) is 1.79. The van der Waals surface area contributed by atoms with Gasteiger partial charge in [0.15, 0.2) is 0 Å². The number of aromatic nitrogens is 2. The lowest BCUT2D eigenvalue weighted by atomic mass is 10.4. The van der Waals surface area contributed by atoms with Crippen LogP contribution in [0, 0.1) is 6.92 Å². The highest BCUT2D eigenvalue weighted by Crippen LogP contribution is 2.02. The number of rotatable bonds is 2. The summed E-state index contributed by atoms with van der Waals surface area (Å²) in [5.74, 6) is 1.07. The highest BCUT2D eigenvalue weighted by Gasteiger charge is 2.01. The molecule has 62 valence electrons. The molecular weight excluding hydrogens is 138 g/mol. The standard InChI is InChI=1S/C8H15N3/c1-7-9-5-8(11(7)4)6-10(2)3/h5H,6H2,1-4H3. The summed E-state index contributed by atoms with van der Waals surface area (Å²) in [5, 5.41) is 0. The molecule has 1 aromatic rings. The van der Waals surface area contributed by atoms with Crippen molar-refractivity contribution in [2.24, 2.45) is 7.05 Å². The van der Waals surface area contributed by atoms with Crippen molar-refractivity contribution < 1.29 is 0 Å². The Labute approximate surface area is 67.7 Å². The van der Waals surface area contributed by atoms with Crippen LogP contribution >= 0.6 is 0 Å². The van der Waals surface area contributed by atoms with Crippen molar-refractivity contribution in [1.82, 2.24) is 14.5 Å². The van der Waals surface area contributed by atoms with E-state index in [1.54, 1.807) is 0 Å². The Morgan fingerprint density at radius 3 is 2.55 bits per heavy atom. The first-order valence-electron chi connectivity index (χ1n) is 3.73. The number of aryl methyl sites for hydroxylation is 1. The van der Waals surface area contributed by atoms with E-state index in [1.807, 2.05) is 20.2 Å². The van der Waals surface area contributed by atoms with E-state index in [4.69, 9.17) is 0 Å². The zero-order chi connectivity index (χ0) is 8.43. The van der Waals surface area contributed by atoms with Gasteiger partial charge in [-0.1, -0.05) is 0 Å². The molecule has 0 aliphatic rings. The predicted octanol–water partition coefficient (Wildman–Crippen LogP) is 0.790. The fraction of sp³-hybridized carbons (Fsp3) is 0.625. The van der Waals surface area contributed by atoms with Gasteiger partial charge in [-0.15, -0.1) is 0 Å². The molecule has 0 atom stereocenters. The normalized spacial score (nSPS) is 11.0. The summed E-state index contributed by atoms with van der Waals surface area (Å²) in [4.78, 5) is 6.34. The second-order valence-electron chi connectivity index (χ2n) is 3.09. The highest BCUT2D eigenvalue weighted by atomic mass is 15.1. The SMILES string of the molecule is Cc1ncc(CN(C)C)n1C. The lowest BCUT2D eigenvalue weighted by molar-refractivity contribution is 0.390. The van der Waals surface area contributed by atoms with Crippen LogP contribution in [-0.2, 0) is 13.6 Å². The summed E-state index contributed by atoms with van der Waals surface area (Å²) in [5.41, 5.74) is 1.26. The summed E-state index contributed by atoms with van der Waals surface area (Å²) in [7, 11) is 6.16. The Kier molecular flexibility index (Phi) is 2.29. The van der Waals surface area contributed by atoms with Crippen LogP contribution in [-0.4, -0.2) is 28.5 Å². The van der Waals surface area contributed by atoms with E-state index < -0.39 is 0 Å². The molecule has 1 heterocycles. The third kappa shape index (κ3) is 1.80. The number of hydrogen-bond donors (Lipinski definition) is 0. The van der Waals surface area contributed by atoms with Crippen molar-refractivity contribution in [3.63, 3.8) is 0 Å². The summed E-state index contributed by atoms with van der Waals surface area (Å²) in [6.07, 6.45) is 1.93. The molecule has 1 aromatic heterocycles. The molecule has 0 saturated carbocycles. The van der Waals surface area contributed by atoms with Crippen LogP contribution in [0.1, 0.15) is 11.5 Å². The minimum atomic E-state index is 0.956. The zero-order valence-corrected chi connectivity index (χ0v) is 7.63. The molecule has 3 heteroatoms. The van der Waals surface area contributed by atoms with Crippen LogP contribution in [0.4, 0.5) is 0 Å². The van der Waals surface area contributed by atoms with Crippen LogP contribution in [0.25, 0.3) is 0 Å². The van der Waals surface area contributed by atoms with Gasteiger partial charge < -0.3 is 9.47 Å². The lowest BCUT2D eigenvalue weighted by Gasteiger charge is -2.09. The minimum absolute atomic E-state index is 0.956. The average Bonchev–Trinajstić information content (AvgIpc) is 2.18. The van der Waals surface area contributed by atoms with Gasteiger partial charge in [-0.05, 0) is 21.0 Å². The molecule has 0 aliphatic carbocycles. The second-order valence-corrected chi connectivity index (χ2v) is 3.09. The molecule has 0 spiro atoms. The molecule has 0 fully saturated rings. The predicted molar refractivity (Wildman–Crippen MR) is 45.3 cm³/mol. The van der Waals surface area contributed by atoms with Crippen LogP contribution < -0.4 is 0 Å². The lowest BCUT2D eigenvalue weighted by Crippen LogP contribution is -2.13. The molecule has 0 radical (unpaired) electrons. The first-order valence-corrected chi connectivity index (χ1v) is 3.73. The van der Waals surface area contributed by atoms with Crippen molar-refractivity contribution in [3.05, 3.63) is 17.7 Å². The summed E-state index contributed by atoms with van der Waals surface area (Å²) in [6.45, 7) is 2.97. The smallest absolute Gasteiger partial charge is 0.105 e. The maximum atomic E-state index is 4.21. The quantitative estimate of drug-likeness (QED) is 0.626. The summed E-state index contributed by atoms with van der Waals surface area (Å²) in [6, 6.07) is 0. The van der Waals surface area contributed by atoms with Gasteiger partial charge in [0.1, 0.15) is 5.82 Å². The number of nitrogens with zero attached hydrogens (tertiary/aromatic N) is 3. The molecule has 0 bridgehead atoms. The topological polar surface area (TPSA) is 21.1 Å². The van der Waals surface area contributed by atoms with Gasteiger partial charge in [0.05, 0.1) is 5.69 Å². The van der Waals surface area contributed by atoms with Gasteiger partial charge in [-0.25, -0.2) is 4.98 Å². The van der Waals surface area contributed by atoms with Gasteiger partial charge >= 0.3 is 0 Å². The third-order valence-corrected chi connectivity index (χ3v) is 1.79. The fourth-order valence-corrected chi connectivity index (χ4v) is 1.02. The average molecular weight is 153 g/mol. The van der Waals surface area contributed by atoms with Gasteiger partial charge in [-0.3, -0.25) is 0 Å². The molecule has 0 aliphatic heterocycles. The Balaban J connectivity index is 2.79. The van der Waals surface area contributed by atoms with Crippen LogP contribution in [0.5, 0.6) is 0 Å². The second kappa shape index (κ2) is 3.05. The van der Waals surface area contributed by atoms with E-state index in [1.165, 1.54) is 5.69 Å². The molecule has 0 unspecified atom stereocenters. The molecular formula is C8H15N3. The maximum absolute atomic E-state index is 4.21. The van der Waals surface area contributed by atoms with E-state index in [-0.39, 0.29) is 0 Å². The summed E-state index contributed by atoms with van der Waals surface area (Å²) < 4.78 is 2.11. The Hall–Kier alpha value is -0.830. The van der Waals surface area contributed by atoms with Crippen LogP contribution in [0.3, 0.4) is 0 Å². The van der Waals surface area contributed by atoms with E-state index in [9.17, 15) is 0 Å². The van der Waals surface area contributed by atoms with E-state index >= 15 is 0 Å². The largest absolute Gasteiger partial charge is 0.334 e. The van der Waals surface area contributed by atoms with Crippen molar-refractivity contribution in [2.45, 2.75) is 13.5 Å². The van der Waals surface area contributed by atoms with E-state index in [2.05, 4.69) is 28.5 Å². The van der Waals surface area contributed by atoms with Gasteiger partial charge in [0, 0.05) is 19.8 Å². The fourth-order valence-electron chi connectivity index (χ4n) is 1.02. The van der Waals surface area contributed by atoms with Crippen molar-refractivity contribution >= 4 is 0 Å². The molecule has 0 amide bonds. The van der Waals surface area contributed by atoms with Gasteiger partial charge in [0.2, 0.25) is 0 Å². The van der Waals surface area contributed by atoms with E-state index in [0.29, 0.717) is 0 Å². The minimum Gasteiger partial charge on any atom is -0.334 e. The highest BCUT2D eigenvalue weighted by molar-refractivity contribution is 5.02. The molecule has 0 aromatic carbocycles. The van der Waals surface area contributed by atoms with Crippen molar-refractivity contribution in [3.8, 4) is 0 Å². The zero-order valence-electron chi connectivity index (χ0n) is 7.63. The molecule has 11 heavy (non-hydrogen) atoms. The number of hydrogen-bond acceptors (Lipinski definition) is 2. The van der Waals surface area contributed by atoms with Crippen LogP contribution in [0.15, 0.2) is 6.20 Å². The maximum Gasteiger partial charge on any atom is 0.105 e. The van der Waals surface area contributed by atoms with E-state index in [0.717, 1.165) is 12.4 Å². The molecule has 0 saturated heterocycles.